The highest BCUT2D eigenvalue weighted by Gasteiger charge is 2.46. The van der Waals surface area contributed by atoms with Crippen LogP contribution in [0.4, 0.5) is 8.78 Å². The lowest BCUT2D eigenvalue weighted by molar-refractivity contribution is -0.410. The number of rotatable bonds is 1. The smallest absolute Gasteiger partial charge is 0.317 e. The van der Waals surface area contributed by atoms with Crippen molar-refractivity contribution in [2.75, 3.05) is 0 Å². The van der Waals surface area contributed by atoms with Gasteiger partial charge < -0.3 is 9.47 Å². The van der Waals surface area contributed by atoms with Crippen molar-refractivity contribution in [3.05, 3.63) is 0 Å². The Morgan fingerprint density at radius 1 is 1.44 bits per heavy atom. The number of alkyl halides is 3. The normalized spacial score (nSPS) is 36.0. The molecule has 0 radical (unpaired) electrons. The van der Waals surface area contributed by atoms with Crippen LogP contribution in [0.1, 0.15) is 6.92 Å². The van der Waals surface area contributed by atoms with Crippen molar-refractivity contribution in [2.24, 2.45) is 0 Å². The van der Waals surface area contributed by atoms with Gasteiger partial charge in [0.1, 0.15) is 0 Å². The number of halogens is 3. The van der Waals surface area contributed by atoms with Crippen molar-refractivity contribution in [3.8, 4) is 0 Å². The molecule has 1 heterocycles. The minimum atomic E-state index is -3.06. The molecule has 1 fully saturated rings. The summed E-state index contributed by atoms with van der Waals surface area (Å²) < 4.78 is 33.0. The highest BCUT2D eigenvalue weighted by Crippen LogP contribution is 2.35. The summed E-state index contributed by atoms with van der Waals surface area (Å²) in [5.74, 6) is 0. The predicted octanol–water partition coefficient (Wildman–Crippen LogP) is 1.69. The first kappa shape index (κ1) is 7.37. The Balaban J connectivity index is 2.32. The second-order valence-electron chi connectivity index (χ2n) is 1.71. The average Bonchev–Trinajstić information content (AvgIpc) is 1.55. The van der Waals surface area contributed by atoms with Gasteiger partial charge in [0.2, 0.25) is 6.29 Å². The predicted molar refractivity (Wildman–Crippen MR) is 29.3 cm³/mol. The van der Waals surface area contributed by atoms with Crippen molar-refractivity contribution in [1.82, 2.24) is 0 Å². The molecule has 0 atom stereocenters. The summed E-state index contributed by atoms with van der Waals surface area (Å²) >= 11 is 2.10. The average molecular weight is 203 g/mol. The molecular weight excluding hydrogens is 198 g/mol. The molecule has 0 amide bonds. The van der Waals surface area contributed by atoms with Crippen molar-refractivity contribution < 1.29 is 18.3 Å². The molecule has 1 aliphatic heterocycles. The van der Waals surface area contributed by atoms with E-state index in [0.717, 1.165) is 0 Å². The van der Waals surface area contributed by atoms with Gasteiger partial charge in [0.15, 0.2) is 6.29 Å². The molecule has 5 heteroatoms. The number of hydrogen-bond donors (Lipinski definition) is 0. The third-order valence-corrected chi connectivity index (χ3v) is 1.27. The summed E-state index contributed by atoms with van der Waals surface area (Å²) in [4.78, 5) is -3.06. The van der Waals surface area contributed by atoms with Gasteiger partial charge in [-0.05, 0) is 22.9 Å². The monoisotopic (exact) mass is 202 g/mol. The summed E-state index contributed by atoms with van der Waals surface area (Å²) in [5.41, 5.74) is 0. The van der Waals surface area contributed by atoms with E-state index in [0.29, 0.717) is 0 Å². The Bertz CT molecular complexity index is 108. The third-order valence-electron chi connectivity index (χ3n) is 0.898. The van der Waals surface area contributed by atoms with E-state index in [2.05, 4.69) is 25.4 Å². The SMILES string of the molecule is CC1OC(C(F)(F)Br)O1. The Morgan fingerprint density at radius 2 is 1.89 bits per heavy atom. The van der Waals surface area contributed by atoms with Crippen LogP contribution in [0.15, 0.2) is 0 Å². The molecule has 1 saturated heterocycles. The standard InChI is InChI=1S/C4H5BrF2O2/c1-2-8-3(9-2)4(5,6)7/h2-3H,1H3. The zero-order chi connectivity index (χ0) is 7.07. The molecule has 1 aliphatic rings. The fourth-order valence-electron chi connectivity index (χ4n) is 0.513. The van der Waals surface area contributed by atoms with Crippen LogP contribution in [0.25, 0.3) is 0 Å². The Kier molecular flexibility index (Phi) is 1.75. The van der Waals surface area contributed by atoms with Gasteiger partial charge in [0, 0.05) is 0 Å². The zero-order valence-corrected chi connectivity index (χ0v) is 6.19. The van der Waals surface area contributed by atoms with Crippen LogP contribution in [0.2, 0.25) is 0 Å². The molecule has 54 valence electrons. The molecular formula is C4H5BrF2O2. The van der Waals surface area contributed by atoms with Crippen molar-refractivity contribution in [3.63, 3.8) is 0 Å². The summed E-state index contributed by atoms with van der Waals surface area (Å²) in [6.45, 7) is 1.55. The fourth-order valence-corrected chi connectivity index (χ4v) is 0.728. The first-order valence-electron chi connectivity index (χ1n) is 2.38. The van der Waals surface area contributed by atoms with E-state index in [4.69, 9.17) is 0 Å². The van der Waals surface area contributed by atoms with Crippen LogP contribution in [-0.2, 0) is 9.47 Å². The van der Waals surface area contributed by atoms with E-state index in [1.54, 1.807) is 6.92 Å². The lowest BCUT2D eigenvalue weighted by Gasteiger charge is -2.35. The Hall–Kier alpha value is 0.260. The van der Waals surface area contributed by atoms with Crippen molar-refractivity contribution in [2.45, 2.75) is 24.3 Å². The van der Waals surface area contributed by atoms with Gasteiger partial charge in [-0.1, -0.05) is 0 Å². The fraction of sp³-hybridized carbons (Fsp3) is 1.00. The minimum Gasteiger partial charge on any atom is -0.317 e. The van der Waals surface area contributed by atoms with E-state index in [1.807, 2.05) is 0 Å². The summed E-state index contributed by atoms with van der Waals surface area (Å²) in [5, 5.41) is 0. The Morgan fingerprint density at radius 3 is 2.00 bits per heavy atom. The number of ether oxygens (including phenoxy) is 2. The molecule has 0 aromatic heterocycles. The highest BCUT2D eigenvalue weighted by molar-refractivity contribution is 9.10. The maximum absolute atomic E-state index is 12.0. The first-order valence-corrected chi connectivity index (χ1v) is 3.17. The summed E-state index contributed by atoms with van der Waals surface area (Å²) in [7, 11) is 0. The molecule has 0 unspecified atom stereocenters. The number of hydrogen-bond acceptors (Lipinski definition) is 2. The minimum absolute atomic E-state index is 0.501. The van der Waals surface area contributed by atoms with Crippen LogP contribution in [-0.4, -0.2) is 17.4 Å². The zero-order valence-electron chi connectivity index (χ0n) is 4.61. The molecule has 2 nitrogen and oxygen atoms in total. The van der Waals surface area contributed by atoms with Gasteiger partial charge in [0.05, 0.1) is 0 Å². The van der Waals surface area contributed by atoms with Crippen LogP contribution < -0.4 is 0 Å². The van der Waals surface area contributed by atoms with E-state index in [1.165, 1.54) is 0 Å². The second-order valence-corrected chi connectivity index (χ2v) is 2.77. The largest absolute Gasteiger partial charge is 0.351 e. The van der Waals surface area contributed by atoms with Gasteiger partial charge in [-0.3, -0.25) is 0 Å². The van der Waals surface area contributed by atoms with Crippen molar-refractivity contribution in [1.29, 1.82) is 0 Å². The van der Waals surface area contributed by atoms with Gasteiger partial charge in [-0.15, -0.1) is 0 Å². The van der Waals surface area contributed by atoms with Crippen LogP contribution >= 0.6 is 15.9 Å². The lowest BCUT2D eigenvalue weighted by atomic mass is 10.5. The van der Waals surface area contributed by atoms with Gasteiger partial charge in [-0.2, -0.15) is 8.78 Å². The maximum Gasteiger partial charge on any atom is 0.351 e. The molecule has 9 heavy (non-hydrogen) atoms. The molecule has 0 bridgehead atoms. The van der Waals surface area contributed by atoms with Crippen molar-refractivity contribution >= 4 is 15.9 Å². The van der Waals surface area contributed by atoms with Crippen LogP contribution in [0, 0.1) is 0 Å². The topological polar surface area (TPSA) is 18.5 Å². The molecule has 0 saturated carbocycles. The highest BCUT2D eigenvalue weighted by atomic mass is 79.9. The molecule has 0 N–H and O–H groups in total. The molecule has 0 aromatic rings. The van der Waals surface area contributed by atoms with E-state index in [-0.39, 0.29) is 0 Å². The van der Waals surface area contributed by atoms with E-state index in [9.17, 15) is 8.78 Å². The van der Waals surface area contributed by atoms with Gasteiger partial charge in [-0.25, -0.2) is 0 Å². The molecule has 0 spiro atoms. The van der Waals surface area contributed by atoms with Crippen LogP contribution in [0.3, 0.4) is 0 Å². The van der Waals surface area contributed by atoms with Gasteiger partial charge in [0.25, 0.3) is 0 Å². The van der Waals surface area contributed by atoms with E-state index < -0.39 is 17.4 Å². The first-order chi connectivity index (χ1) is 4.00. The summed E-state index contributed by atoms with van der Waals surface area (Å²) in [6, 6.07) is 0. The molecule has 0 aromatic carbocycles. The molecule has 1 rings (SSSR count). The lowest BCUT2D eigenvalue weighted by Crippen LogP contribution is -2.47. The quantitative estimate of drug-likeness (QED) is 0.603. The Labute approximate surface area is 59.3 Å². The summed E-state index contributed by atoms with van der Waals surface area (Å²) in [6.07, 6.45) is -1.91. The van der Waals surface area contributed by atoms with Crippen LogP contribution in [0.5, 0.6) is 0 Å². The van der Waals surface area contributed by atoms with E-state index >= 15 is 0 Å². The maximum atomic E-state index is 12.0. The molecule has 0 aliphatic carbocycles. The van der Waals surface area contributed by atoms with Gasteiger partial charge >= 0.3 is 4.83 Å². The third kappa shape index (κ3) is 1.59. The second kappa shape index (κ2) is 2.14.